The molecule has 2 amide bonds. The summed E-state index contributed by atoms with van der Waals surface area (Å²) in [6, 6.07) is 8.94. The molecular weight excluding hydrogens is 438 g/mol. The Bertz CT molecular complexity index is 1200. The van der Waals surface area contributed by atoms with E-state index in [0.717, 1.165) is 47.3 Å². The van der Waals surface area contributed by atoms with Gasteiger partial charge in [0, 0.05) is 23.0 Å². The second-order valence-corrected chi connectivity index (χ2v) is 9.14. The van der Waals surface area contributed by atoms with Gasteiger partial charge in [0.15, 0.2) is 6.61 Å². The van der Waals surface area contributed by atoms with Crippen molar-refractivity contribution >= 4 is 39.8 Å². The van der Waals surface area contributed by atoms with Crippen LogP contribution < -0.4 is 10.6 Å². The third-order valence-electron chi connectivity index (χ3n) is 5.65. The van der Waals surface area contributed by atoms with Crippen LogP contribution in [0.3, 0.4) is 0 Å². The molecular formula is C25H25N3O4S. The van der Waals surface area contributed by atoms with E-state index in [4.69, 9.17) is 4.74 Å². The summed E-state index contributed by atoms with van der Waals surface area (Å²) in [5.41, 5.74) is 4.50. The molecule has 0 saturated heterocycles. The lowest BCUT2D eigenvalue weighted by Crippen LogP contribution is -2.22. The molecule has 0 unspecified atom stereocenters. The fourth-order valence-corrected chi connectivity index (χ4v) is 5.03. The van der Waals surface area contributed by atoms with Gasteiger partial charge in [-0.15, -0.1) is 11.3 Å². The van der Waals surface area contributed by atoms with E-state index in [1.807, 2.05) is 32.0 Å². The molecule has 0 radical (unpaired) electrons. The van der Waals surface area contributed by atoms with Crippen LogP contribution in [0, 0.1) is 13.8 Å². The van der Waals surface area contributed by atoms with Gasteiger partial charge in [0.2, 0.25) is 0 Å². The largest absolute Gasteiger partial charge is 0.452 e. The van der Waals surface area contributed by atoms with E-state index in [9.17, 15) is 14.4 Å². The summed E-state index contributed by atoms with van der Waals surface area (Å²) in [5, 5.41) is 6.05. The molecule has 0 aliphatic heterocycles. The first kappa shape index (κ1) is 22.7. The van der Waals surface area contributed by atoms with Crippen LogP contribution in [-0.2, 0) is 22.4 Å². The highest BCUT2D eigenvalue weighted by Gasteiger charge is 2.28. The predicted molar refractivity (Wildman–Crippen MR) is 128 cm³/mol. The number of hydrogen-bond acceptors (Lipinski definition) is 6. The minimum absolute atomic E-state index is 0.344. The summed E-state index contributed by atoms with van der Waals surface area (Å²) in [6.07, 6.45) is 6.66. The number of rotatable bonds is 6. The number of benzene rings is 1. The summed E-state index contributed by atoms with van der Waals surface area (Å²) >= 11 is 1.40. The van der Waals surface area contributed by atoms with Gasteiger partial charge in [-0.2, -0.15) is 0 Å². The molecule has 1 aromatic carbocycles. The monoisotopic (exact) mass is 463 g/mol. The predicted octanol–water partition coefficient (Wildman–Crippen LogP) is 4.69. The molecule has 7 nitrogen and oxygen atoms in total. The maximum atomic E-state index is 13.0. The van der Waals surface area contributed by atoms with E-state index in [1.54, 1.807) is 18.3 Å². The Morgan fingerprint density at radius 1 is 1.06 bits per heavy atom. The number of amides is 2. The molecule has 33 heavy (non-hydrogen) atoms. The lowest BCUT2D eigenvalue weighted by atomic mass is 9.95. The molecule has 2 heterocycles. The van der Waals surface area contributed by atoms with Gasteiger partial charge in [-0.05, 0) is 80.5 Å². The van der Waals surface area contributed by atoms with Gasteiger partial charge < -0.3 is 15.4 Å². The quantitative estimate of drug-likeness (QED) is 0.517. The Kier molecular flexibility index (Phi) is 6.84. The Morgan fingerprint density at radius 3 is 2.64 bits per heavy atom. The summed E-state index contributed by atoms with van der Waals surface area (Å²) < 4.78 is 5.36. The topological polar surface area (TPSA) is 97.4 Å². The summed E-state index contributed by atoms with van der Waals surface area (Å²) in [4.78, 5) is 43.1. The molecule has 1 aliphatic rings. The lowest BCUT2D eigenvalue weighted by molar-refractivity contribution is -0.119. The Hall–Kier alpha value is -3.52. The number of aromatic nitrogens is 1. The van der Waals surface area contributed by atoms with Gasteiger partial charge >= 0.3 is 5.97 Å². The first-order valence-electron chi connectivity index (χ1n) is 10.8. The Labute approximate surface area is 196 Å². The number of carbonyl (C=O) groups is 3. The number of nitrogens with one attached hydrogen (secondary N) is 2. The molecule has 4 rings (SSSR count). The van der Waals surface area contributed by atoms with Crippen molar-refractivity contribution in [2.75, 3.05) is 17.2 Å². The molecule has 2 N–H and O–H groups in total. The van der Waals surface area contributed by atoms with Crippen LogP contribution >= 0.6 is 11.3 Å². The third kappa shape index (κ3) is 5.28. The van der Waals surface area contributed by atoms with E-state index in [-0.39, 0.29) is 5.91 Å². The summed E-state index contributed by atoms with van der Waals surface area (Å²) in [7, 11) is 0. The molecule has 0 atom stereocenters. The van der Waals surface area contributed by atoms with Crippen molar-refractivity contribution < 1.29 is 19.1 Å². The number of fused-ring (bicyclic) bond motifs is 1. The Morgan fingerprint density at radius 2 is 1.88 bits per heavy atom. The van der Waals surface area contributed by atoms with Crippen molar-refractivity contribution in [1.82, 2.24) is 4.98 Å². The molecule has 0 fully saturated rings. The SMILES string of the molecule is Cc1ccc(NC(=O)COC(=O)c2c(NC(=O)c3cccnc3)sc3c2CCCC3)cc1C. The van der Waals surface area contributed by atoms with E-state index >= 15 is 0 Å². The zero-order chi connectivity index (χ0) is 23.4. The number of anilines is 2. The number of carbonyl (C=O) groups excluding carboxylic acids is 3. The standard InChI is InChI=1S/C25H25N3O4S/c1-15-9-10-18(12-16(15)2)27-21(29)14-32-25(31)22-19-7-3-4-8-20(19)33-24(22)28-23(30)17-6-5-11-26-13-17/h5-6,9-13H,3-4,7-8,14H2,1-2H3,(H,27,29)(H,28,30). The van der Waals surface area contributed by atoms with Crippen LogP contribution in [-0.4, -0.2) is 29.4 Å². The first-order valence-corrected chi connectivity index (χ1v) is 11.6. The first-order chi connectivity index (χ1) is 15.9. The van der Waals surface area contributed by atoms with Gasteiger partial charge in [0.05, 0.1) is 11.1 Å². The number of aryl methyl sites for hydroxylation is 3. The highest BCUT2D eigenvalue weighted by atomic mass is 32.1. The highest BCUT2D eigenvalue weighted by molar-refractivity contribution is 7.17. The average molecular weight is 464 g/mol. The van der Waals surface area contributed by atoms with Crippen molar-refractivity contribution in [3.05, 3.63) is 75.4 Å². The van der Waals surface area contributed by atoms with Crippen molar-refractivity contribution in [1.29, 1.82) is 0 Å². The van der Waals surface area contributed by atoms with Gasteiger partial charge in [-0.25, -0.2) is 4.79 Å². The number of ether oxygens (including phenoxy) is 1. The van der Waals surface area contributed by atoms with Crippen LogP contribution in [0.5, 0.6) is 0 Å². The highest BCUT2D eigenvalue weighted by Crippen LogP contribution is 2.38. The Balaban J connectivity index is 1.48. The van der Waals surface area contributed by atoms with Gasteiger partial charge in [0.25, 0.3) is 11.8 Å². The zero-order valence-electron chi connectivity index (χ0n) is 18.6. The molecule has 2 aromatic heterocycles. The average Bonchev–Trinajstić information content (AvgIpc) is 3.18. The smallest absolute Gasteiger partial charge is 0.341 e. The maximum absolute atomic E-state index is 13.0. The number of esters is 1. The number of pyridine rings is 1. The minimum atomic E-state index is -0.605. The van der Waals surface area contributed by atoms with Gasteiger partial charge in [-0.1, -0.05) is 6.07 Å². The fraction of sp³-hybridized carbons (Fsp3) is 0.280. The molecule has 0 spiro atoms. The third-order valence-corrected chi connectivity index (χ3v) is 6.86. The van der Waals surface area contributed by atoms with Crippen LogP contribution in [0.25, 0.3) is 0 Å². The fourth-order valence-electron chi connectivity index (χ4n) is 3.76. The van der Waals surface area contributed by atoms with Crippen LogP contribution in [0.1, 0.15) is 55.1 Å². The lowest BCUT2D eigenvalue weighted by Gasteiger charge is -2.13. The molecule has 170 valence electrons. The van der Waals surface area contributed by atoms with Crippen LogP contribution in [0.4, 0.5) is 10.7 Å². The van der Waals surface area contributed by atoms with E-state index in [0.29, 0.717) is 21.8 Å². The van der Waals surface area contributed by atoms with Crippen LogP contribution in [0.2, 0.25) is 0 Å². The maximum Gasteiger partial charge on any atom is 0.341 e. The number of thiophene rings is 1. The van der Waals surface area contributed by atoms with Gasteiger partial charge in [0.1, 0.15) is 5.00 Å². The molecule has 1 aliphatic carbocycles. The number of nitrogens with zero attached hydrogens (tertiary/aromatic N) is 1. The summed E-state index contributed by atoms with van der Waals surface area (Å²) in [6.45, 7) is 3.55. The van der Waals surface area contributed by atoms with Crippen molar-refractivity contribution in [2.24, 2.45) is 0 Å². The number of hydrogen-bond donors (Lipinski definition) is 2. The summed E-state index contributed by atoms with van der Waals surface area (Å²) in [5.74, 6) is -1.37. The van der Waals surface area contributed by atoms with Crippen molar-refractivity contribution in [2.45, 2.75) is 39.5 Å². The van der Waals surface area contributed by atoms with E-state index in [2.05, 4.69) is 15.6 Å². The van der Waals surface area contributed by atoms with E-state index in [1.165, 1.54) is 17.5 Å². The normalized spacial score (nSPS) is 12.5. The van der Waals surface area contributed by atoms with E-state index < -0.39 is 18.5 Å². The minimum Gasteiger partial charge on any atom is -0.452 e. The molecule has 0 bridgehead atoms. The van der Waals surface area contributed by atoms with Crippen molar-refractivity contribution in [3.63, 3.8) is 0 Å². The second-order valence-electron chi connectivity index (χ2n) is 8.03. The van der Waals surface area contributed by atoms with Gasteiger partial charge in [-0.3, -0.25) is 14.6 Å². The molecule has 0 saturated carbocycles. The van der Waals surface area contributed by atoms with Crippen molar-refractivity contribution in [3.8, 4) is 0 Å². The molecule has 8 heteroatoms. The zero-order valence-corrected chi connectivity index (χ0v) is 19.4. The second kappa shape index (κ2) is 9.95. The molecule has 3 aromatic rings. The van der Waals surface area contributed by atoms with Crippen LogP contribution in [0.15, 0.2) is 42.7 Å².